The molecule has 2 amide bonds. The quantitative estimate of drug-likeness (QED) is 0.367. The van der Waals surface area contributed by atoms with Crippen LogP contribution >= 0.6 is 0 Å². The number of carbonyl (C=O) groups excluding carboxylic acids is 2. The summed E-state index contributed by atoms with van der Waals surface area (Å²) in [5.74, 6) is -0.995. The molecule has 1 aliphatic carbocycles. The van der Waals surface area contributed by atoms with E-state index in [1.165, 1.54) is 29.3 Å². The van der Waals surface area contributed by atoms with E-state index in [0.717, 1.165) is 35.7 Å². The van der Waals surface area contributed by atoms with E-state index in [9.17, 15) is 22.8 Å². The highest BCUT2D eigenvalue weighted by Crippen LogP contribution is 2.33. The van der Waals surface area contributed by atoms with Gasteiger partial charge in [-0.3, -0.25) is 9.59 Å². The van der Waals surface area contributed by atoms with Gasteiger partial charge in [-0.15, -0.1) is 0 Å². The van der Waals surface area contributed by atoms with E-state index < -0.39 is 17.6 Å². The molecule has 34 heavy (non-hydrogen) atoms. The summed E-state index contributed by atoms with van der Waals surface area (Å²) in [4.78, 5) is 26.1. The smallest absolute Gasteiger partial charge is 0.322 e. The minimum atomic E-state index is -4.52. The summed E-state index contributed by atoms with van der Waals surface area (Å²) in [6.07, 6.45) is -2.64. The van der Waals surface area contributed by atoms with Crippen molar-refractivity contribution >= 4 is 34.0 Å². The first-order valence-electron chi connectivity index (χ1n) is 10.7. The SMILES string of the molecule is O=C(Nc1cccc(C(F)(F)F)c1)c1ccccc1NC(=O)c1ccc2c3c(cccc13)CC2. The summed E-state index contributed by atoms with van der Waals surface area (Å²) in [5.41, 5.74) is 2.47. The molecular weight excluding hydrogens is 441 g/mol. The molecule has 170 valence electrons. The fraction of sp³-hybridized carbons (Fsp3) is 0.111. The van der Waals surface area contributed by atoms with Gasteiger partial charge in [-0.1, -0.05) is 42.5 Å². The second kappa shape index (κ2) is 8.33. The van der Waals surface area contributed by atoms with Crippen LogP contribution in [0.5, 0.6) is 0 Å². The van der Waals surface area contributed by atoms with Crippen molar-refractivity contribution in [1.82, 2.24) is 0 Å². The van der Waals surface area contributed by atoms with E-state index in [-0.39, 0.29) is 22.8 Å². The second-order valence-corrected chi connectivity index (χ2v) is 8.14. The number of hydrogen-bond donors (Lipinski definition) is 2. The van der Waals surface area contributed by atoms with Gasteiger partial charge in [0.15, 0.2) is 0 Å². The minimum Gasteiger partial charge on any atom is -0.322 e. The summed E-state index contributed by atoms with van der Waals surface area (Å²) in [6, 6.07) is 20.4. The topological polar surface area (TPSA) is 58.2 Å². The highest BCUT2D eigenvalue weighted by molar-refractivity contribution is 6.17. The Morgan fingerprint density at radius 3 is 2.21 bits per heavy atom. The molecular formula is C27H19F3N2O2. The number of carbonyl (C=O) groups is 2. The van der Waals surface area contributed by atoms with Crippen molar-refractivity contribution in [3.8, 4) is 0 Å². The maximum Gasteiger partial charge on any atom is 0.416 e. The van der Waals surface area contributed by atoms with Crippen molar-refractivity contribution in [1.29, 1.82) is 0 Å². The molecule has 5 rings (SSSR count). The van der Waals surface area contributed by atoms with E-state index in [2.05, 4.69) is 16.7 Å². The first-order chi connectivity index (χ1) is 16.3. The van der Waals surface area contributed by atoms with E-state index in [1.807, 2.05) is 18.2 Å². The number of hydrogen-bond acceptors (Lipinski definition) is 2. The Balaban J connectivity index is 1.42. The fourth-order valence-corrected chi connectivity index (χ4v) is 4.40. The lowest BCUT2D eigenvalue weighted by atomic mass is 9.99. The van der Waals surface area contributed by atoms with Crippen molar-refractivity contribution in [2.24, 2.45) is 0 Å². The average Bonchev–Trinajstić information content (AvgIpc) is 3.24. The summed E-state index contributed by atoms with van der Waals surface area (Å²) >= 11 is 0. The standard InChI is InChI=1S/C27H19F3N2O2/c28-27(29,30)18-6-4-7-19(15-18)31-26(34)22-8-1-2-10-23(22)32-25(33)21-14-13-17-12-11-16-5-3-9-20(21)24(16)17/h1-10,13-15H,11-12H2,(H,31,34)(H,32,33). The molecule has 0 unspecified atom stereocenters. The first-order valence-corrected chi connectivity index (χ1v) is 10.7. The van der Waals surface area contributed by atoms with Gasteiger partial charge in [-0.05, 0) is 71.1 Å². The molecule has 0 bridgehead atoms. The number of anilines is 2. The van der Waals surface area contributed by atoms with Crippen LogP contribution in [0.15, 0.2) is 78.9 Å². The Bertz CT molecular complexity index is 1430. The maximum absolute atomic E-state index is 13.2. The molecule has 2 N–H and O–H groups in total. The van der Waals surface area contributed by atoms with Gasteiger partial charge in [0.25, 0.3) is 11.8 Å². The van der Waals surface area contributed by atoms with E-state index in [4.69, 9.17) is 0 Å². The molecule has 0 atom stereocenters. The molecule has 4 aromatic carbocycles. The van der Waals surface area contributed by atoms with Crippen molar-refractivity contribution in [2.45, 2.75) is 19.0 Å². The lowest BCUT2D eigenvalue weighted by molar-refractivity contribution is -0.137. The van der Waals surface area contributed by atoms with Crippen LogP contribution in [0.4, 0.5) is 24.5 Å². The average molecular weight is 460 g/mol. The molecule has 0 saturated heterocycles. The van der Waals surface area contributed by atoms with Crippen LogP contribution in [0.1, 0.15) is 37.4 Å². The Hall–Kier alpha value is -4.13. The Labute approximate surface area is 193 Å². The zero-order chi connectivity index (χ0) is 23.9. The van der Waals surface area contributed by atoms with Crippen LogP contribution in [0, 0.1) is 0 Å². The van der Waals surface area contributed by atoms with Crippen LogP contribution in [-0.2, 0) is 19.0 Å². The van der Waals surface area contributed by atoms with Crippen LogP contribution in [0.3, 0.4) is 0 Å². The predicted molar refractivity (Wildman–Crippen MR) is 125 cm³/mol. The van der Waals surface area contributed by atoms with Crippen molar-refractivity contribution in [3.63, 3.8) is 0 Å². The lowest BCUT2D eigenvalue weighted by Crippen LogP contribution is -2.18. The van der Waals surface area contributed by atoms with Gasteiger partial charge in [-0.25, -0.2) is 0 Å². The molecule has 0 spiro atoms. The molecule has 4 nitrogen and oxygen atoms in total. The third kappa shape index (κ3) is 4.01. The molecule has 0 fully saturated rings. The molecule has 0 aliphatic heterocycles. The highest BCUT2D eigenvalue weighted by atomic mass is 19.4. The largest absolute Gasteiger partial charge is 0.416 e. The first kappa shape index (κ1) is 21.7. The zero-order valence-corrected chi connectivity index (χ0v) is 17.9. The number of aryl methyl sites for hydroxylation is 2. The zero-order valence-electron chi connectivity index (χ0n) is 17.9. The van der Waals surface area contributed by atoms with Gasteiger partial charge in [0.2, 0.25) is 0 Å². The molecule has 0 saturated carbocycles. The monoisotopic (exact) mass is 460 g/mol. The second-order valence-electron chi connectivity index (χ2n) is 8.14. The fourth-order valence-electron chi connectivity index (χ4n) is 4.40. The lowest BCUT2D eigenvalue weighted by Gasteiger charge is -2.14. The third-order valence-corrected chi connectivity index (χ3v) is 5.99. The number of amides is 2. The van der Waals surface area contributed by atoms with Crippen LogP contribution in [-0.4, -0.2) is 11.8 Å². The van der Waals surface area contributed by atoms with Gasteiger partial charge in [0, 0.05) is 11.3 Å². The molecule has 0 aromatic heterocycles. The normalized spacial score (nSPS) is 12.6. The van der Waals surface area contributed by atoms with E-state index in [0.29, 0.717) is 5.56 Å². The third-order valence-electron chi connectivity index (χ3n) is 5.99. The van der Waals surface area contributed by atoms with Gasteiger partial charge in [-0.2, -0.15) is 13.2 Å². The number of rotatable bonds is 4. The summed E-state index contributed by atoms with van der Waals surface area (Å²) < 4.78 is 39.0. The molecule has 1 aliphatic rings. The summed E-state index contributed by atoms with van der Waals surface area (Å²) in [5, 5.41) is 7.25. The summed E-state index contributed by atoms with van der Waals surface area (Å²) in [6.45, 7) is 0. The summed E-state index contributed by atoms with van der Waals surface area (Å²) in [7, 11) is 0. The number of alkyl halides is 3. The Morgan fingerprint density at radius 1 is 0.706 bits per heavy atom. The molecule has 0 heterocycles. The van der Waals surface area contributed by atoms with Crippen LogP contribution in [0.2, 0.25) is 0 Å². The number of benzene rings is 4. The van der Waals surface area contributed by atoms with Crippen molar-refractivity contribution < 1.29 is 22.8 Å². The van der Waals surface area contributed by atoms with Gasteiger partial charge in [0.1, 0.15) is 0 Å². The molecule has 4 aromatic rings. The predicted octanol–water partition coefficient (Wildman–Crippen LogP) is 6.46. The number of halogens is 3. The van der Waals surface area contributed by atoms with Gasteiger partial charge < -0.3 is 10.6 Å². The van der Waals surface area contributed by atoms with E-state index >= 15 is 0 Å². The molecule has 7 heteroatoms. The maximum atomic E-state index is 13.2. The van der Waals surface area contributed by atoms with Crippen LogP contribution < -0.4 is 10.6 Å². The van der Waals surface area contributed by atoms with Gasteiger partial charge in [0.05, 0.1) is 16.8 Å². The minimum absolute atomic E-state index is 0.00783. The highest BCUT2D eigenvalue weighted by Gasteiger charge is 2.30. The Kier molecular flexibility index (Phi) is 5.32. The van der Waals surface area contributed by atoms with Crippen molar-refractivity contribution in [3.05, 3.63) is 107 Å². The van der Waals surface area contributed by atoms with Crippen molar-refractivity contribution in [2.75, 3.05) is 10.6 Å². The molecule has 0 radical (unpaired) electrons. The van der Waals surface area contributed by atoms with E-state index in [1.54, 1.807) is 24.3 Å². The Morgan fingerprint density at radius 2 is 1.41 bits per heavy atom. The number of nitrogens with one attached hydrogen (secondary N) is 2. The number of para-hydroxylation sites is 1. The van der Waals surface area contributed by atoms with Crippen LogP contribution in [0.25, 0.3) is 10.8 Å². The van der Waals surface area contributed by atoms with Gasteiger partial charge >= 0.3 is 6.18 Å².